The van der Waals surface area contributed by atoms with Crippen LogP contribution in [-0.4, -0.2) is 11.6 Å². The Morgan fingerprint density at radius 1 is 1.06 bits per heavy atom. The third-order valence-corrected chi connectivity index (χ3v) is 3.26. The average Bonchev–Trinajstić information content (AvgIpc) is 2.41. The van der Waals surface area contributed by atoms with Crippen LogP contribution in [-0.2, 0) is 13.1 Å². The van der Waals surface area contributed by atoms with E-state index in [1.165, 1.54) is 17.3 Å². The number of rotatable bonds is 2. The van der Waals surface area contributed by atoms with Gasteiger partial charge >= 0.3 is 0 Å². The maximum absolute atomic E-state index is 13.6. The molecular weight excluding hydrogens is 227 g/mol. The number of nitrogens with zero attached hydrogens (tertiary/aromatic N) is 1. The van der Waals surface area contributed by atoms with E-state index < -0.39 is 0 Å². The molecule has 1 heterocycles. The maximum Gasteiger partial charge on any atom is 0.127 e. The highest BCUT2D eigenvalue weighted by Gasteiger charge is 2.16. The Balaban J connectivity index is 1.75. The summed E-state index contributed by atoms with van der Waals surface area (Å²) in [5.41, 5.74) is 3.20. The summed E-state index contributed by atoms with van der Waals surface area (Å²) in [7, 11) is 0. The monoisotopic (exact) mass is 242 g/mol. The molecule has 3 rings (SSSR count). The molecule has 1 aliphatic rings. The molecule has 3 heteroatoms. The molecule has 0 saturated heterocycles. The van der Waals surface area contributed by atoms with E-state index >= 15 is 0 Å². The van der Waals surface area contributed by atoms with Crippen LogP contribution in [0.1, 0.15) is 11.1 Å². The standard InChI is InChI=1S/C15H15FN2/c16-14-7-3-1-5-12(14)9-18-10-13-6-2-4-8-15(13)17-11-18/h1-8,17H,9-11H2. The first-order valence-electron chi connectivity index (χ1n) is 6.10. The second-order valence-corrected chi connectivity index (χ2v) is 4.57. The van der Waals surface area contributed by atoms with Gasteiger partial charge in [0, 0.05) is 24.3 Å². The van der Waals surface area contributed by atoms with Gasteiger partial charge in [0.05, 0.1) is 6.67 Å². The first-order valence-corrected chi connectivity index (χ1v) is 6.10. The lowest BCUT2D eigenvalue weighted by atomic mass is 10.1. The van der Waals surface area contributed by atoms with Gasteiger partial charge in [0.15, 0.2) is 0 Å². The zero-order valence-corrected chi connectivity index (χ0v) is 10.1. The molecule has 0 aliphatic carbocycles. The van der Waals surface area contributed by atoms with Gasteiger partial charge in [-0.15, -0.1) is 0 Å². The molecular formula is C15H15FN2. The van der Waals surface area contributed by atoms with Crippen molar-refractivity contribution in [1.29, 1.82) is 0 Å². The summed E-state index contributed by atoms with van der Waals surface area (Å²) in [5, 5.41) is 3.36. The van der Waals surface area contributed by atoms with Gasteiger partial charge in [-0.3, -0.25) is 4.90 Å². The van der Waals surface area contributed by atoms with Gasteiger partial charge in [0.25, 0.3) is 0 Å². The normalized spacial score (nSPS) is 14.9. The van der Waals surface area contributed by atoms with Crippen LogP contribution in [0.15, 0.2) is 48.5 Å². The predicted octanol–water partition coefficient (Wildman–Crippen LogP) is 3.21. The van der Waals surface area contributed by atoms with E-state index in [2.05, 4.69) is 22.3 Å². The first-order chi connectivity index (χ1) is 8.83. The van der Waals surface area contributed by atoms with Crippen molar-refractivity contribution in [2.24, 2.45) is 0 Å². The van der Waals surface area contributed by atoms with Crippen LogP contribution in [0, 0.1) is 5.82 Å². The molecule has 1 aliphatic heterocycles. The third kappa shape index (κ3) is 2.22. The topological polar surface area (TPSA) is 15.3 Å². The lowest BCUT2D eigenvalue weighted by Crippen LogP contribution is -2.33. The minimum atomic E-state index is -0.128. The van der Waals surface area contributed by atoms with Crippen molar-refractivity contribution in [3.8, 4) is 0 Å². The second-order valence-electron chi connectivity index (χ2n) is 4.57. The molecule has 0 bridgehead atoms. The van der Waals surface area contributed by atoms with Crippen molar-refractivity contribution < 1.29 is 4.39 Å². The molecule has 2 aromatic rings. The molecule has 0 spiro atoms. The average molecular weight is 242 g/mol. The summed E-state index contributed by atoms with van der Waals surface area (Å²) in [4.78, 5) is 2.20. The fraction of sp³-hybridized carbons (Fsp3) is 0.200. The maximum atomic E-state index is 13.6. The molecule has 2 nitrogen and oxygen atoms in total. The highest BCUT2D eigenvalue weighted by Crippen LogP contribution is 2.23. The number of para-hydroxylation sites is 1. The quantitative estimate of drug-likeness (QED) is 0.870. The van der Waals surface area contributed by atoms with Crippen molar-refractivity contribution >= 4 is 5.69 Å². The van der Waals surface area contributed by atoms with Gasteiger partial charge in [-0.25, -0.2) is 4.39 Å². The van der Waals surface area contributed by atoms with Crippen molar-refractivity contribution in [2.75, 3.05) is 12.0 Å². The van der Waals surface area contributed by atoms with Crippen molar-refractivity contribution in [3.05, 3.63) is 65.5 Å². The highest BCUT2D eigenvalue weighted by atomic mass is 19.1. The zero-order valence-electron chi connectivity index (χ0n) is 10.1. The molecule has 18 heavy (non-hydrogen) atoms. The Kier molecular flexibility index (Phi) is 2.99. The third-order valence-electron chi connectivity index (χ3n) is 3.26. The Bertz CT molecular complexity index is 554. The smallest absolute Gasteiger partial charge is 0.127 e. The molecule has 1 N–H and O–H groups in total. The van der Waals surface area contributed by atoms with Gasteiger partial charge < -0.3 is 5.32 Å². The highest BCUT2D eigenvalue weighted by molar-refractivity contribution is 5.52. The molecule has 0 aromatic heterocycles. The molecule has 0 unspecified atom stereocenters. The lowest BCUT2D eigenvalue weighted by Gasteiger charge is -2.29. The van der Waals surface area contributed by atoms with Crippen LogP contribution in [0.4, 0.5) is 10.1 Å². The number of hydrogen-bond donors (Lipinski definition) is 1. The minimum Gasteiger partial charge on any atom is -0.372 e. The molecule has 92 valence electrons. The summed E-state index contributed by atoms with van der Waals surface area (Å²) < 4.78 is 13.6. The summed E-state index contributed by atoms with van der Waals surface area (Å²) in [6, 6.07) is 15.2. The van der Waals surface area contributed by atoms with E-state index in [9.17, 15) is 4.39 Å². The van der Waals surface area contributed by atoms with Crippen molar-refractivity contribution in [1.82, 2.24) is 4.90 Å². The van der Waals surface area contributed by atoms with E-state index in [1.54, 1.807) is 6.07 Å². The SMILES string of the molecule is Fc1ccccc1CN1CNc2ccccc2C1. The fourth-order valence-corrected chi connectivity index (χ4v) is 2.30. The van der Waals surface area contributed by atoms with Gasteiger partial charge in [-0.1, -0.05) is 36.4 Å². The van der Waals surface area contributed by atoms with Crippen LogP contribution in [0.2, 0.25) is 0 Å². The number of nitrogens with one attached hydrogen (secondary N) is 1. The minimum absolute atomic E-state index is 0.128. The first kappa shape index (κ1) is 11.2. The summed E-state index contributed by atoms with van der Waals surface area (Å²) >= 11 is 0. The molecule has 0 amide bonds. The number of fused-ring (bicyclic) bond motifs is 1. The number of anilines is 1. The van der Waals surface area contributed by atoms with Crippen LogP contribution < -0.4 is 5.32 Å². The summed E-state index contributed by atoms with van der Waals surface area (Å²) in [6.07, 6.45) is 0. The summed E-state index contributed by atoms with van der Waals surface area (Å²) in [5.74, 6) is -0.128. The van der Waals surface area contributed by atoms with Crippen LogP contribution in [0.5, 0.6) is 0 Å². The van der Waals surface area contributed by atoms with E-state index in [0.717, 1.165) is 18.8 Å². The predicted molar refractivity (Wildman–Crippen MR) is 70.6 cm³/mol. The Labute approximate surface area is 106 Å². The van der Waals surface area contributed by atoms with E-state index in [-0.39, 0.29) is 5.82 Å². The Morgan fingerprint density at radius 2 is 1.83 bits per heavy atom. The molecule has 0 atom stereocenters. The Morgan fingerprint density at radius 3 is 2.72 bits per heavy atom. The zero-order chi connectivity index (χ0) is 12.4. The van der Waals surface area contributed by atoms with Gasteiger partial charge in [0.2, 0.25) is 0 Å². The molecule has 0 saturated carbocycles. The fourth-order valence-electron chi connectivity index (χ4n) is 2.30. The van der Waals surface area contributed by atoms with Crippen LogP contribution in [0.3, 0.4) is 0 Å². The lowest BCUT2D eigenvalue weighted by molar-refractivity contribution is 0.263. The van der Waals surface area contributed by atoms with Gasteiger partial charge in [0.1, 0.15) is 5.82 Å². The largest absolute Gasteiger partial charge is 0.372 e. The van der Waals surface area contributed by atoms with Crippen molar-refractivity contribution in [2.45, 2.75) is 13.1 Å². The van der Waals surface area contributed by atoms with E-state index in [4.69, 9.17) is 0 Å². The van der Waals surface area contributed by atoms with E-state index in [0.29, 0.717) is 6.54 Å². The number of halogens is 1. The second kappa shape index (κ2) is 4.78. The molecule has 2 aromatic carbocycles. The van der Waals surface area contributed by atoms with Crippen LogP contribution in [0.25, 0.3) is 0 Å². The number of benzene rings is 2. The van der Waals surface area contributed by atoms with Crippen LogP contribution >= 0.6 is 0 Å². The van der Waals surface area contributed by atoms with E-state index in [1.807, 2.05) is 24.3 Å². The number of hydrogen-bond acceptors (Lipinski definition) is 2. The van der Waals surface area contributed by atoms with Gasteiger partial charge in [-0.05, 0) is 17.7 Å². The summed E-state index contributed by atoms with van der Waals surface area (Å²) in [6.45, 7) is 2.25. The Hall–Kier alpha value is -1.87. The molecule has 0 fully saturated rings. The molecule has 0 radical (unpaired) electrons. The van der Waals surface area contributed by atoms with Crippen molar-refractivity contribution in [3.63, 3.8) is 0 Å². The van der Waals surface area contributed by atoms with Gasteiger partial charge in [-0.2, -0.15) is 0 Å².